The van der Waals surface area contributed by atoms with Gasteiger partial charge in [0.25, 0.3) is 0 Å². The molecule has 2 aliphatic rings. The van der Waals surface area contributed by atoms with E-state index >= 15 is 0 Å². The van der Waals surface area contributed by atoms with E-state index in [0.29, 0.717) is 12.0 Å². The van der Waals surface area contributed by atoms with Crippen molar-refractivity contribution in [2.45, 2.75) is 31.6 Å². The van der Waals surface area contributed by atoms with E-state index in [1.54, 1.807) is 0 Å². The molecule has 28 heavy (non-hydrogen) atoms. The lowest BCUT2D eigenvalue weighted by Crippen LogP contribution is -2.41. The largest absolute Gasteiger partial charge is 0.416 e. The van der Waals surface area contributed by atoms with Crippen LogP contribution in [0.3, 0.4) is 0 Å². The number of carbonyl (C=O) groups is 2. The summed E-state index contributed by atoms with van der Waals surface area (Å²) in [5.74, 6) is -0.809. The van der Waals surface area contributed by atoms with Crippen molar-refractivity contribution in [1.29, 1.82) is 0 Å². The van der Waals surface area contributed by atoms with Gasteiger partial charge in [0.15, 0.2) is 0 Å². The summed E-state index contributed by atoms with van der Waals surface area (Å²) in [7, 11) is -3.41. The molecular formula is C17H20F3N3O4S. The first-order valence-corrected chi connectivity index (χ1v) is 10.5. The van der Waals surface area contributed by atoms with Gasteiger partial charge in [-0.15, -0.1) is 0 Å². The third kappa shape index (κ3) is 4.14. The van der Waals surface area contributed by atoms with Crippen molar-refractivity contribution in [2.75, 3.05) is 19.3 Å². The minimum atomic E-state index is -4.43. The molecule has 154 valence electrons. The molecule has 3 rings (SSSR count). The Hall–Kier alpha value is -2.14. The van der Waals surface area contributed by atoms with Gasteiger partial charge in [-0.3, -0.25) is 9.59 Å². The highest BCUT2D eigenvalue weighted by Gasteiger charge is 2.53. The summed E-state index contributed by atoms with van der Waals surface area (Å²) in [5.41, 5.74) is -1.20. The summed E-state index contributed by atoms with van der Waals surface area (Å²) < 4.78 is 62.3. The summed E-state index contributed by atoms with van der Waals surface area (Å²) in [6.45, 7) is 0.290. The van der Waals surface area contributed by atoms with E-state index in [1.165, 1.54) is 16.4 Å². The molecule has 2 atom stereocenters. The van der Waals surface area contributed by atoms with Crippen LogP contribution in [-0.2, 0) is 32.3 Å². The predicted octanol–water partition coefficient (Wildman–Crippen LogP) is 0.862. The molecule has 7 nitrogen and oxygen atoms in total. The molecule has 2 amide bonds. The van der Waals surface area contributed by atoms with Gasteiger partial charge in [0.05, 0.1) is 17.2 Å². The van der Waals surface area contributed by atoms with Crippen molar-refractivity contribution < 1.29 is 31.2 Å². The van der Waals surface area contributed by atoms with Gasteiger partial charge >= 0.3 is 6.18 Å². The standard InChI is InChI=1S/C17H20F3N3O4S/c1-28(26,27)23-7-6-16(10-23)8-13(22-15(16)25)14(24)21-9-11-2-4-12(5-3-11)17(18,19)20/h2-5,13H,6-10H2,1H3,(H,21,24)(H,22,25)/t13-,16-/m0/s1. The Morgan fingerprint density at radius 1 is 1.32 bits per heavy atom. The lowest BCUT2D eigenvalue weighted by atomic mass is 9.84. The average molecular weight is 419 g/mol. The number of nitrogens with zero attached hydrogens (tertiary/aromatic N) is 1. The van der Waals surface area contributed by atoms with Crippen molar-refractivity contribution in [1.82, 2.24) is 14.9 Å². The number of carbonyl (C=O) groups excluding carboxylic acids is 2. The summed E-state index contributed by atoms with van der Waals surface area (Å²) in [5, 5.41) is 5.20. The Labute approximate surface area is 160 Å². The van der Waals surface area contributed by atoms with Gasteiger partial charge in [0.2, 0.25) is 21.8 Å². The number of amides is 2. The van der Waals surface area contributed by atoms with Crippen molar-refractivity contribution >= 4 is 21.8 Å². The molecule has 1 aromatic carbocycles. The summed E-state index contributed by atoms with van der Waals surface area (Å²) in [4.78, 5) is 24.7. The maximum absolute atomic E-state index is 12.6. The van der Waals surface area contributed by atoms with Gasteiger partial charge in [-0.1, -0.05) is 12.1 Å². The van der Waals surface area contributed by atoms with Crippen LogP contribution in [0.25, 0.3) is 0 Å². The van der Waals surface area contributed by atoms with Crippen LogP contribution in [0.4, 0.5) is 13.2 Å². The summed E-state index contributed by atoms with van der Waals surface area (Å²) in [6.07, 6.45) is -2.83. The van der Waals surface area contributed by atoms with Crippen LogP contribution in [0.15, 0.2) is 24.3 Å². The zero-order valence-corrected chi connectivity index (χ0v) is 15.9. The molecule has 2 N–H and O–H groups in total. The summed E-state index contributed by atoms with van der Waals surface area (Å²) in [6, 6.07) is 3.62. The smallest absolute Gasteiger partial charge is 0.350 e. The van der Waals surface area contributed by atoms with Crippen LogP contribution in [0, 0.1) is 5.41 Å². The van der Waals surface area contributed by atoms with Gasteiger partial charge in [-0.2, -0.15) is 13.2 Å². The van der Waals surface area contributed by atoms with Gasteiger partial charge in [-0.25, -0.2) is 12.7 Å². The highest BCUT2D eigenvalue weighted by atomic mass is 32.2. The highest BCUT2D eigenvalue weighted by Crippen LogP contribution is 2.40. The molecule has 2 fully saturated rings. The fourth-order valence-corrected chi connectivity index (χ4v) is 4.50. The fraction of sp³-hybridized carbons (Fsp3) is 0.529. The molecule has 2 saturated heterocycles. The van der Waals surface area contributed by atoms with Crippen LogP contribution in [-0.4, -0.2) is 49.9 Å². The zero-order valence-electron chi connectivity index (χ0n) is 15.0. The molecule has 0 unspecified atom stereocenters. The van der Waals surface area contributed by atoms with Gasteiger partial charge in [-0.05, 0) is 30.5 Å². The lowest BCUT2D eigenvalue weighted by molar-refractivity contribution is -0.137. The molecule has 0 aliphatic carbocycles. The molecule has 1 aromatic rings. The average Bonchev–Trinajstić information content (AvgIpc) is 3.17. The van der Waals surface area contributed by atoms with Crippen molar-refractivity contribution in [3.63, 3.8) is 0 Å². The number of rotatable bonds is 4. The maximum atomic E-state index is 12.6. The van der Waals surface area contributed by atoms with Crippen LogP contribution < -0.4 is 10.6 Å². The molecule has 11 heteroatoms. The second kappa shape index (κ2) is 7.03. The van der Waals surface area contributed by atoms with E-state index in [9.17, 15) is 31.2 Å². The van der Waals surface area contributed by atoms with E-state index in [1.807, 2.05) is 0 Å². The number of nitrogens with one attached hydrogen (secondary N) is 2. The zero-order chi connectivity index (χ0) is 20.7. The Kier molecular flexibility index (Phi) is 5.17. The second-order valence-electron chi connectivity index (χ2n) is 7.27. The first kappa shape index (κ1) is 20.6. The van der Waals surface area contributed by atoms with E-state index in [0.717, 1.165) is 18.4 Å². The Balaban J connectivity index is 1.58. The van der Waals surface area contributed by atoms with Gasteiger partial charge < -0.3 is 10.6 Å². The third-order valence-electron chi connectivity index (χ3n) is 5.23. The summed E-state index contributed by atoms with van der Waals surface area (Å²) >= 11 is 0. The second-order valence-corrected chi connectivity index (χ2v) is 9.25. The minimum Gasteiger partial charge on any atom is -0.350 e. The number of alkyl halides is 3. The van der Waals surface area contributed by atoms with E-state index < -0.39 is 39.1 Å². The Bertz CT molecular complexity index is 886. The minimum absolute atomic E-state index is 0.0196. The number of benzene rings is 1. The van der Waals surface area contributed by atoms with Gasteiger partial charge in [0, 0.05) is 19.6 Å². The first-order chi connectivity index (χ1) is 12.9. The van der Waals surface area contributed by atoms with Crippen molar-refractivity contribution in [2.24, 2.45) is 5.41 Å². The normalized spacial score (nSPS) is 25.9. The molecule has 0 radical (unpaired) electrons. The van der Waals surface area contributed by atoms with Crippen molar-refractivity contribution in [3.05, 3.63) is 35.4 Å². The predicted molar refractivity (Wildman–Crippen MR) is 93.3 cm³/mol. The van der Waals surface area contributed by atoms with Crippen LogP contribution in [0.5, 0.6) is 0 Å². The molecule has 2 heterocycles. The molecule has 2 aliphatic heterocycles. The Morgan fingerprint density at radius 2 is 1.96 bits per heavy atom. The number of hydrogen-bond donors (Lipinski definition) is 2. The topological polar surface area (TPSA) is 95.6 Å². The van der Waals surface area contributed by atoms with Crippen LogP contribution >= 0.6 is 0 Å². The Morgan fingerprint density at radius 3 is 2.50 bits per heavy atom. The van der Waals surface area contributed by atoms with E-state index in [-0.39, 0.29) is 32.0 Å². The number of halogens is 3. The van der Waals surface area contributed by atoms with Crippen LogP contribution in [0.1, 0.15) is 24.0 Å². The van der Waals surface area contributed by atoms with Gasteiger partial charge in [0.1, 0.15) is 6.04 Å². The first-order valence-electron chi connectivity index (χ1n) is 8.61. The number of sulfonamides is 1. The SMILES string of the molecule is CS(=O)(=O)N1CC[C@]2(C[C@@H](C(=O)NCc3ccc(C(F)(F)F)cc3)NC2=O)C1. The monoisotopic (exact) mass is 419 g/mol. The quantitative estimate of drug-likeness (QED) is 0.757. The van der Waals surface area contributed by atoms with E-state index in [4.69, 9.17) is 0 Å². The number of hydrogen-bond acceptors (Lipinski definition) is 4. The highest BCUT2D eigenvalue weighted by molar-refractivity contribution is 7.88. The molecule has 0 bridgehead atoms. The lowest BCUT2D eigenvalue weighted by Gasteiger charge is -2.20. The fourth-order valence-electron chi connectivity index (χ4n) is 3.60. The van der Waals surface area contributed by atoms with E-state index in [2.05, 4.69) is 10.6 Å². The van der Waals surface area contributed by atoms with Crippen molar-refractivity contribution in [3.8, 4) is 0 Å². The molecule has 0 aromatic heterocycles. The molecule has 1 spiro atoms. The maximum Gasteiger partial charge on any atom is 0.416 e. The van der Waals surface area contributed by atoms with Crippen LogP contribution in [0.2, 0.25) is 0 Å². The third-order valence-corrected chi connectivity index (χ3v) is 6.48. The molecule has 0 saturated carbocycles. The molecular weight excluding hydrogens is 399 g/mol.